The second-order valence-corrected chi connectivity index (χ2v) is 5.32. The molecule has 6 nitrogen and oxygen atoms in total. The summed E-state index contributed by atoms with van der Waals surface area (Å²) in [6.45, 7) is 4.34. The fourth-order valence-corrected chi connectivity index (χ4v) is 2.19. The number of rotatable bonds is 13. The SMILES string of the molecule is CCc1ccc(OCCOC[C@@H](O)CN(CCO)CCO)cc1. The third-order valence-electron chi connectivity index (χ3n) is 3.44. The molecule has 132 valence electrons. The van der Waals surface area contributed by atoms with Crippen LogP contribution in [0.2, 0.25) is 0 Å². The summed E-state index contributed by atoms with van der Waals surface area (Å²) in [6, 6.07) is 7.96. The first-order valence-electron chi connectivity index (χ1n) is 8.11. The van der Waals surface area contributed by atoms with E-state index in [2.05, 4.69) is 6.92 Å². The van der Waals surface area contributed by atoms with E-state index in [4.69, 9.17) is 19.7 Å². The zero-order chi connectivity index (χ0) is 16.9. The number of nitrogens with zero attached hydrogens (tertiary/aromatic N) is 1. The van der Waals surface area contributed by atoms with Crippen LogP contribution in [-0.4, -0.2) is 79.0 Å². The highest BCUT2D eigenvalue weighted by Gasteiger charge is 2.11. The standard InChI is InChI=1S/C17H29NO5/c1-2-15-3-5-17(6-4-15)23-12-11-22-14-16(21)13-18(7-9-19)8-10-20/h3-6,16,19-21H,2,7-14H2,1H3/t16-/m0/s1. The molecule has 1 aromatic carbocycles. The van der Waals surface area contributed by atoms with E-state index in [1.165, 1.54) is 5.56 Å². The minimum atomic E-state index is -0.656. The van der Waals surface area contributed by atoms with E-state index in [1.807, 2.05) is 24.3 Å². The Hall–Kier alpha value is -1.18. The van der Waals surface area contributed by atoms with Crippen LogP contribution >= 0.6 is 0 Å². The second kappa shape index (κ2) is 12.3. The van der Waals surface area contributed by atoms with Crippen LogP contribution < -0.4 is 4.74 Å². The largest absolute Gasteiger partial charge is 0.491 e. The van der Waals surface area contributed by atoms with Crippen LogP contribution in [0.15, 0.2) is 24.3 Å². The third kappa shape index (κ3) is 8.88. The molecule has 0 fully saturated rings. The lowest BCUT2D eigenvalue weighted by Gasteiger charge is -2.23. The van der Waals surface area contributed by atoms with E-state index < -0.39 is 6.10 Å². The highest BCUT2D eigenvalue weighted by molar-refractivity contribution is 5.27. The zero-order valence-corrected chi connectivity index (χ0v) is 13.9. The Morgan fingerprint density at radius 2 is 1.70 bits per heavy atom. The molecular formula is C17H29NO5. The summed E-state index contributed by atoms with van der Waals surface area (Å²) in [7, 11) is 0. The normalized spacial score (nSPS) is 12.6. The van der Waals surface area contributed by atoms with Gasteiger partial charge in [0, 0.05) is 19.6 Å². The number of hydrogen-bond acceptors (Lipinski definition) is 6. The van der Waals surface area contributed by atoms with Crippen molar-refractivity contribution in [3.63, 3.8) is 0 Å². The lowest BCUT2D eigenvalue weighted by Crippen LogP contribution is -2.38. The molecule has 0 aliphatic heterocycles. The van der Waals surface area contributed by atoms with Gasteiger partial charge in [-0.25, -0.2) is 0 Å². The predicted molar refractivity (Wildman–Crippen MR) is 88.8 cm³/mol. The average Bonchev–Trinajstić information content (AvgIpc) is 2.55. The van der Waals surface area contributed by atoms with Crippen LogP contribution in [0.5, 0.6) is 5.75 Å². The van der Waals surface area contributed by atoms with Gasteiger partial charge < -0.3 is 24.8 Å². The predicted octanol–water partition coefficient (Wildman–Crippen LogP) is 0.292. The molecule has 0 bridgehead atoms. The molecule has 0 aromatic heterocycles. The summed E-state index contributed by atoms with van der Waals surface area (Å²) in [5.74, 6) is 0.809. The lowest BCUT2D eigenvalue weighted by atomic mass is 10.2. The van der Waals surface area contributed by atoms with Crippen LogP contribution in [0.3, 0.4) is 0 Å². The molecule has 0 amide bonds. The van der Waals surface area contributed by atoms with E-state index in [1.54, 1.807) is 4.90 Å². The van der Waals surface area contributed by atoms with Crippen LogP contribution in [0.25, 0.3) is 0 Å². The molecule has 23 heavy (non-hydrogen) atoms. The van der Waals surface area contributed by atoms with Gasteiger partial charge in [-0.3, -0.25) is 4.90 Å². The maximum atomic E-state index is 9.88. The first-order chi connectivity index (χ1) is 11.2. The second-order valence-electron chi connectivity index (χ2n) is 5.32. The molecule has 0 radical (unpaired) electrons. The van der Waals surface area contributed by atoms with Crippen molar-refractivity contribution in [2.45, 2.75) is 19.4 Å². The maximum Gasteiger partial charge on any atom is 0.119 e. The number of hydrogen-bond donors (Lipinski definition) is 3. The van der Waals surface area contributed by atoms with Crippen molar-refractivity contribution in [1.29, 1.82) is 0 Å². The van der Waals surface area contributed by atoms with E-state index in [9.17, 15) is 5.11 Å². The molecular weight excluding hydrogens is 298 g/mol. The Balaban J connectivity index is 2.13. The Bertz CT molecular complexity index is 392. The van der Waals surface area contributed by atoms with Crippen molar-refractivity contribution in [3.8, 4) is 5.75 Å². The molecule has 0 unspecified atom stereocenters. The smallest absolute Gasteiger partial charge is 0.119 e. The molecule has 6 heteroatoms. The van der Waals surface area contributed by atoms with Crippen LogP contribution in [0.1, 0.15) is 12.5 Å². The lowest BCUT2D eigenvalue weighted by molar-refractivity contribution is 0.00362. The molecule has 1 rings (SSSR count). The molecule has 0 aliphatic rings. The van der Waals surface area contributed by atoms with E-state index in [0.29, 0.717) is 32.8 Å². The number of ether oxygens (including phenoxy) is 2. The quantitative estimate of drug-likeness (QED) is 0.452. The Kier molecular flexibility index (Phi) is 10.6. The summed E-state index contributed by atoms with van der Waals surface area (Å²) in [5.41, 5.74) is 1.27. The van der Waals surface area contributed by atoms with Gasteiger partial charge in [0.15, 0.2) is 0 Å². The van der Waals surface area contributed by atoms with Gasteiger partial charge in [-0.15, -0.1) is 0 Å². The van der Waals surface area contributed by atoms with Crippen molar-refractivity contribution in [3.05, 3.63) is 29.8 Å². The van der Waals surface area contributed by atoms with E-state index >= 15 is 0 Å². The van der Waals surface area contributed by atoms with Gasteiger partial charge in [0.25, 0.3) is 0 Å². The van der Waals surface area contributed by atoms with Crippen molar-refractivity contribution < 1.29 is 24.8 Å². The number of aliphatic hydroxyl groups excluding tert-OH is 3. The first kappa shape index (κ1) is 19.9. The average molecular weight is 327 g/mol. The highest BCUT2D eigenvalue weighted by Crippen LogP contribution is 2.12. The molecule has 0 spiro atoms. The zero-order valence-electron chi connectivity index (χ0n) is 13.9. The van der Waals surface area contributed by atoms with Crippen molar-refractivity contribution in [1.82, 2.24) is 4.90 Å². The van der Waals surface area contributed by atoms with Crippen LogP contribution in [-0.2, 0) is 11.2 Å². The number of benzene rings is 1. The maximum absolute atomic E-state index is 9.88. The summed E-state index contributed by atoms with van der Waals surface area (Å²) in [6.07, 6.45) is 0.349. The van der Waals surface area contributed by atoms with Crippen molar-refractivity contribution in [2.24, 2.45) is 0 Å². The van der Waals surface area contributed by atoms with E-state index in [-0.39, 0.29) is 19.8 Å². The Morgan fingerprint density at radius 3 is 2.26 bits per heavy atom. The molecule has 3 N–H and O–H groups in total. The topological polar surface area (TPSA) is 82.4 Å². The monoisotopic (exact) mass is 327 g/mol. The summed E-state index contributed by atoms with van der Waals surface area (Å²) < 4.78 is 11.0. The van der Waals surface area contributed by atoms with Gasteiger partial charge >= 0.3 is 0 Å². The minimum Gasteiger partial charge on any atom is -0.491 e. The van der Waals surface area contributed by atoms with Crippen LogP contribution in [0.4, 0.5) is 0 Å². The Morgan fingerprint density at radius 1 is 1.04 bits per heavy atom. The molecule has 0 heterocycles. The minimum absolute atomic E-state index is 0.00175. The highest BCUT2D eigenvalue weighted by atomic mass is 16.5. The van der Waals surface area contributed by atoms with Gasteiger partial charge in [0.2, 0.25) is 0 Å². The van der Waals surface area contributed by atoms with Gasteiger partial charge in [0.05, 0.1) is 32.5 Å². The van der Waals surface area contributed by atoms with E-state index in [0.717, 1.165) is 12.2 Å². The summed E-state index contributed by atoms with van der Waals surface area (Å²) in [5, 5.41) is 27.7. The van der Waals surface area contributed by atoms with Gasteiger partial charge in [-0.2, -0.15) is 0 Å². The molecule has 0 saturated heterocycles. The fourth-order valence-electron chi connectivity index (χ4n) is 2.19. The van der Waals surface area contributed by atoms with Gasteiger partial charge in [-0.1, -0.05) is 19.1 Å². The van der Waals surface area contributed by atoms with Crippen molar-refractivity contribution in [2.75, 3.05) is 52.7 Å². The number of aryl methyl sites for hydroxylation is 1. The first-order valence-corrected chi connectivity index (χ1v) is 8.11. The Labute approximate surface area is 138 Å². The molecule has 1 atom stereocenters. The summed E-state index contributed by atoms with van der Waals surface area (Å²) >= 11 is 0. The third-order valence-corrected chi connectivity index (χ3v) is 3.44. The molecule has 1 aromatic rings. The van der Waals surface area contributed by atoms with Gasteiger partial charge in [-0.05, 0) is 24.1 Å². The van der Waals surface area contributed by atoms with Crippen molar-refractivity contribution >= 4 is 0 Å². The summed E-state index contributed by atoms with van der Waals surface area (Å²) in [4.78, 5) is 1.79. The number of aliphatic hydroxyl groups is 3. The van der Waals surface area contributed by atoms with Gasteiger partial charge in [0.1, 0.15) is 12.4 Å². The molecule has 0 aliphatic carbocycles. The van der Waals surface area contributed by atoms with Crippen LogP contribution in [0, 0.1) is 0 Å². The molecule has 0 saturated carbocycles. The fraction of sp³-hybridized carbons (Fsp3) is 0.647.